The molecule has 0 saturated carbocycles. The molecule has 0 aromatic heterocycles. The van der Waals surface area contributed by atoms with Crippen molar-refractivity contribution in [3.63, 3.8) is 0 Å². The highest BCUT2D eigenvalue weighted by Crippen LogP contribution is 2.33. The van der Waals surface area contributed by atoms with Gasteiger partial charge in [0.15, 0.2) is 5.78 Å². The van der Waals surface area contributed by atoms with Crippen LogP contribution in [0.2, 0.25) is 0 Å². The molecule has 2 aliphatic carbocycles. The largest absolute Gasteiger partial charge is 0.463 e. The third-order valence-corrected chi connectivity index (χ3v) is 6.35. The summed E-state index contributed by atoms with van der Waals surface area (Å²) in [7, 11) is 0. The Bertz CT molecular complexity index is 941. The minimum absolute atomic E-state index is 0.140. The lowest BCUT2D eigenvalue weighted by molar-refractivity contribution is -0.138. The average Bonchev–Trinajstić information content (AvgIpc) is 2.86. The van der Waals surface area contributed by atoms with Crippen LogP contribution in [0.1, 0.15) is 75.3 Å². The Hall–Kier alpha value is -2.94. The normalized spacial score (nSPS) is 20.2. The van der Waals surface area contributed by atoms with Crippen LogP contribution in [0.5, 0.6) is 0 Å². The van der Waals surface area contributed by atoms with E-state index in [0.29, 0.717) is 18.4 Å². The molecule has 4 rings (SSSR count). The Kier molecular flexibility index (Phi) is 9.03. The molecular formula is C29H34O3. The van der Waals surface area contributed by atoms with Gasteiger partial charge in [0, 0.05) is 5.57 Å². The fourth-order valence-electron chi connectivity index (χ4n) is 4.45. The first-order valence-electron chi connectivity index (χ1n) is 11.7. The quantitative estimate of drug-likeness (QED) is 0.484. The monoisotopic (exact) mass is 430 g/mol. The number of ketones is 1. The second-order valence-electron chi connectivity index (χ2n) is 8.50. The molecular weight excluding hydrogens is 396 g/mol. The molecule has 2 unspecified atom stereocenters. The Morgan fingerprint density at radius 3 is 1.62 bits per heavy atom. The van der Waals surface area contributed by atoms with Gasteiger partial charge >= 0.3 is 5.97 Å². The van der Waals surface area contributed by atoms with Crippen LogP contribution in [-0.2, 0) is 14.3 Å². The number of rotatable bonds is 5. The Morgan fingerprint density at radius 2 is 1.25 bits per heavy atom. The summed E-state index contributed by atoms with van der Waals surface area (Å²) >= 11 is 0. The van der Waals surface area contributed by atoms with Crippen molar-refractivity contribution in [1.82, 2.24) is 0 Å². The summed E-state index contributed by atoms with van der Waals surface area (Å²) in [5, 5.41) is 0. The predicted molar refractivity (Wildman–Crippen MR) is 130 cm³/mol. The molecule has 2 atom stereocenters. The van der Waals surface area contributed by atoms with E-state index in [-0.39, 0.29) is 11.8 Å². The third-order valence-electron chi connectivity index (χ3n) is 6.35. The van der Waals surface area contributed by atoms with Crippen molar-refractivity contribution >= 4 is 11.8 Å². The number of benzene rings is 2. The molecule has 3 heteroatoms. The second kappa shape index (κ2) is 12.2. The van der Waals surface area contributed by atoms with Gasteiger partial charge in [-0.25, -0.2) is 4.79 Å². The Balaban J connectivity index is 0.000000182. The molecule has 0 amide bonds. The minimum atomic E-state index is -0.140. The van der Waals surface area contributed by atoms with E-state index in [1.807, 2.05) is 25.1 Å². The number of carbonyl (C=O) groups is 2. The summed E-state index contributed by atoms with van der Waals surface area (Å²) in [6, 6.07) is 21.1. The first-order chi connectivity index (χ1) is 15.6. The lowest BCUT2D eigenvalue weighted by Crippen LogP contribution is -2.13. The van der Waals surface area contributed by atoms with Crippen molar-refractivity contribution in [3.05, 3.63) is 95.1 Å². The van der Waals surface area contributed by atoms with E-state index in [4.69, 9.17) is 4.74 Å². The van der Waals surface area contributed by atoms with Crippen molar-refractivity contribution in [3.8, 4) is 0 Å². The lowest BCUT2D eigenvalue weighted by Gasteiger charge is -2.21. The van der Waals surface area contributed by atoms with Crippen LogP contribution < -0.4 is 0 Å². The molecule has 2 aliphatic rings. The molecule has 0 spiro atoms. The van der Waals surface area contributed by atoms with Gasteiger partial charge in [-0.1, -0.05) is 72.8 Å². The van der Waals surface area contributed by atoms with E-state index in [0.717, 1.165) is 49.7 Å². The molecule has 3 nitrogen and oxygen atoms in total. The number of ether oxygens (including phenoxy) is 1. The molecule has 0 saturated heterocycles. The zero-order chi connectivity index (χ0) is 22.8. The number of Topliss-reactive ketones (excluding diaryl/α,β-unsaturated/α-hetero) is 1. The third kappa shape index (κ3) is 6.78. The summed E-state index contributed by atoms with van der Waals surface area (Å²) in [5.74, 6) is 1.25. The van der Waals surface area contributed by atoms with Crippen molar-refractivity contribution in [2.45, 2.75) is 64.2 Å². The number of hydrogen-bond acceptors (Lipinski definition) is 3. The van der Waals surface area contributed by atoms with Gasteiger partial charge in [0.2, 0.25) is 0 Å². The predicted octanol–water partition coefficient (Wildman–Crippen LogP) is 6.91. The molecule has 0 heterocycles. The number of hydrogen-bond donors (Lipinski definition) is 0. The van der Waals surface area contributed by atoms with Crippen molar-refractivity contribution in [2.75, 3.05) is 6.61 Å². The van der Waals surface area contributed by atoms with Crippen LogP contribution >= 0.6 is 0 Å². The maximum absolute atomic E-state index is 11.6. The van der Waals surface area contributed by atoms with Crippen LogP contribution in [0.15, 0.2) is 84.0 Å². The van der Waals surface area contributed by atoms with E-state index in [9.17, 15) is 9.59 Å². The zero-order valence-electron chi connectivity index (χ0n) is 19.3. The summed E-state index contributed by atoms with van der Waals surface area (Å²) in [4.78, 5) is 22.7. The number of esters is 1. The maximum Gasteiger partial charge on any atom is 0.333 e. The number of allylic oxidation sites excluding steroid dienone is 3. The molecule has 168 valence electrons. The van der Waals surface area contributed by atoms with E-state index in [2.05, 4.69) is 54.6 Å². The summed E-state index contributed by atoms with van der Waals surface area (Å²) in [6.45, 7) is 3.96. The van der Waals surface area contributed by atoms with Gasteiger partial charge in [-0.3, -0.25) is 4.79 Å². The van der Waals surface area contributed by atoms with Gasteiger partial charge in [-0.05, 0) is 80.9 Å². The fourth-order valence-corrected chi connectivity index (χ4v) is 4.45. The average molecular weight is 431 g/mol. The fraction of sp³-hybridized carbons (Fsp3) is 0.379. The molecule has 0 N–H and O–H groups in total. The van der Waals surface area contributed by atoms with Crippen LogP contribution in [0.3, 0.4) is 0 Å². The maximum atomic E-state index is 11.6. The van der Waals surface area contributed by atoms with Gasteiger partial charge in [-0.15, -0.1) is 0 Å². The lowest BCUT2D eigenvalue weighted by atomic mass is 9.84. The Labute approximate surface area is 192 Å². The standard InChI is InChI=1S/C15H18O2.C14H16O/c1-2-17-15(16)14-10-8-13(9-11-14)12-6-4-3-5-7-12;1-11(15)12-7-9-14(10-8-12)13-5-3-2-4-6-13/h3-7,10,13H,2,8-9,11H2,1H3;2-7,14H,8-10H2,1H3. The molecule has 2 aromatic rings. The molecule has 0 bridgehead atoms. The van der Waals surface area contributed by atoms with Crippen LogP contribution in [0.4, 0.5) is 0 Å². The zero-order valence-corrected chi connectivity index (χ0v) is 19.3. The summed E-state index contributed by atoms with van der Waals surface area (Å²) in [6.07, 6.45) is 10.0. The highest BCUT2D eigenvalue weighted by atomic mass is 16.5. The first kappa shape index (κ1) is 23.7. The molecule has 32 heavy (non-hydrogen) atoms. The molecule has 0 aliphatic heterocycles. The number of carbonyl (C=O) groups excluding carboxylic acids is 2. The summed E-state index contributed by atoms with van der Waals surface area (Å²) < 4.78 is 5.02. The van der Waals surface area contributed by atoms with E-state index in [1.54, 1.807) is 6.92 Å². The molecule has 0 fully saturated rings. The SMILES string of the molecule is CC(=O)C1=CCC(c2ccccc2)CC1.CCOC(=O)C1=CCC(c2ccccc2)CC1. The highest BCUT2D eigenvalue weighted by molar-refractivity contribution is 5.93. The van der Waals surface area contributed by atoms with Crippen LogP contribution in [0, 0.1) is 0 Å². The molecule has 2 aromatic carbocycles. The van der Waals surface area contributed by atoms with Gasteiger partial charge in [-0.2, -0.15) is 0 Å². The second-order valence-corrected chi connectivity index (χ2v) is 8.50. The van der Waals surface area contributed by atoms with Crippen molar-refractivity contribution < 1.29 is 14.3 Å². The minimum Gasteiger partial charge on any atom is -0.463 e. The van der Waals surface area contributed by atoms with Crippen LogP contribution in [0.25, 0.3) is 0 Å². The van der Waals surface area contributed by atoms with Gasteiger partial charge in [0.25, 0.3) is 0 Å². The van der Waals surface area contributed by atoms with E-state index in [1.165, 1.54) is 11.1 Å². The molecule has 0 radical (unpaired) electrons. The van der Waals surface area contributed by atoms with E-state index < -0.39 is 0 Å². The first-order valence-corrected chi connectivity index (χ1v) is 11.7. The van der Waals surface area contributed by atoms with Gasteiger partial charge in [0.05, 0.1) is 6.61 Å². The smallest absolute Gasteiger partial charge is 0.333 e. The van der Waals surface area contributed by atoms with Crippen molar-refractivity contribution in [2.24, 2.45) is 0 Å². The Morgan fingerprint density at radius 1 is 0.781 bits per heavy atom. The summed E-state index contributed by atoms with van der Waals surface area (Å²) in [5.41, 5.74) is 4.63. The van der Waals surface area contributed by atoms with Gasteiger partial charge in [0.1, 0.15) is 0 Å². The highest BCUT2D eigenvalue weighted by Gasteiger charge is 2.20. The topological polar surface area (TPSA) is 43.4 Å². The van der Waals surface area contributed by atoms with Gasteiger partial charge < -0.3 is 4.74 Å². The van der Waals surface area contributed by atoms with Crippen molar-refractivity contribution in [1.29, 1.82) is 0 Å². The van der Waals surface area contributed by atoms with Crippen LogP contribution in [-0.4, -0.2) is 18.4 Å². The van der Waals surface area contributed by atoms with E-state index >= 15 is 0 Å².